The van der Waals surface area contributed by atoms with Gasteiger partial charge < -0.3 is 15.4 Å². The smallest absolute Gasteiger partial charge is 0.227 e. The summed E-state index contributed by atoms with van der Waals surface area (Å²) in [7, 11) is 1.62. The number of amidine groups is 1. The second kappa shape index (κ2) is 5.97. The first-order valence-electron chi connectivity index (χ1n) is 6.01. The fourth-order valence-electron chi connectivity index (χ4n) is 2.11. The van der Waals surface area contributed by atoms with Crippen LogP contribution in [0.1, 0.15) is 6.42 Å². The van der Waals surface area contributed by atoms with Crippen LogP contribution < -0.4 is 15.4 Å². The third kappa shape index (κ3) is 3.41. The van der Waals surface area contributed by atoms with Crippen LogP contribution in [0.3, 0.4) is 0 Å². The van der Waals surface area contributed by atoms with Crippen LogP contribution in [0.5, 0.6) is 5.75 Å². The normalized spacial score (nSPS) is 18.7. The summed E-state index contributed by atoms with van der Waals surface area (Å²) in [6.07, 6.45) is 0.520. The molecule has 0 unspecified atom stereocenters. The SMILES string of the molecule is COc1ccc(N2C[C@@H](CSC(=N)N)CC2=O)cc1. The summed E-state index contributed by atoms with van der Waals surface area (Å²) in [5.41, 5.74) is 6.21. The summed E-state index contributed by atoms with van der Waals surface area (Å²) in [6, 6.07) is 7.47. The van der Waals surface area contributed by atoms with Crippen LogP contribution in [-0.2, 0) is 4.79 Å². The summed E-state index contributed by atoms with van der Waals surface area (Å²) < 4.78 is 5.10. The number of methoxy groups -OCH3 is 1. The number of ether oxygens (including phenoxy) is 1. The van der Waals surface area contributed by atoms with Crippen LogP contribution in [0.15, 0.2) is 24.3 Å². The molecule has 0 aliphatic carbocycles. The minimum absolute atomic E-state index is 0.107. The predicted octanol–water partition coefficient (Wildman–Crippen LogP) is 1.67. The number of benzene rings is 1. The third-order valence-electron chi connectivity index (χ3n) is 3.06. The number of carbonyl (C=O) groups excluding carboxylic acids is 1. The van der Waals surface area contributed by atoms with Gasteiger partial charge in [-0.1, -0.05) is 11.8 Å². The van der Waals surface area contributed by atoms with Gasteiger partial charge in [0.25, 0.3) is 0 Å². The second-order valence-corrected chi connectivity index (χ2v) is 5.51. The van der Waals surface area contributed by atoms with Crippen molar-refractivity contribution in [3.63, 3.8) is 0 Å². The van der Waals surface area contributed by atoms with Crippen LogP contribution in [-0.4, -0.2) is 30.5 Å². The number of amides is 1. The van der Waals surface area contributed by atoms with Crippen LogP contribution in [0.25, 0.3) is 0 Å². The highest BCUT2D eigenvalue weighted by molar-refractivity contribution is 8.13. The van der Waals surface area contributed by atoms with E-state index in [0.717, 1.165) is 11.4 Å². The maximum atomic E-state index is 12.0. The van der Waals surface area contributed by atoms with Gasteiger partial charge in [-0.05, 0) is 30.2 Å². The number of hydrogen-bond acceptors (Lipinski definition) is 4. The molecular weight excluding hydrogens is 262 g/mol. The fourth-order valence-corrected chi connectivity index (χ4v) is 2.75. The molecule has 1 aromatic rings. The minimum atomic E-state index is 0.107. The van der Waals surface area contributed by atoms with Crippen molar-refractivity contribution >= 4 is 28.5 Å². The Morgan fingerprint density at radius 2 is 2.21 bits per heavy atom. The molecule has 2 rings (SSSR count). The molecule has 0 saturated carbocycles. The first kappa shape index (κ1) is 13.7. The summed E-state index contributed by atoms with van der Waals surface area (Å²) in [4.78, 5) is 13.8. The van der Waals surface area contributed by atoms with E-state index in [0.29, 0.717) is 18.7 Å². The molecule has 1 atom stereocenters. The zero-order valence-corrected chi connectivity index (χ0v) is 11.6. The van der Waals surface area contributed by atoms with Gasteiger partial charge in [-0.2, -0.15) is 0 Å². The van der Waals surface area contributed by atoms with Gasteiger partial charge in [0.1, 0.15) is 5.75 Å². The van der Waals surface area contributed by atoms with Crippen molar-refractivity contribution in [1.82, 2.24) is 0 Å². The number of thioether (sulfide) groups is 1. The van der Waals surface area contributed by atoms with E-state index in [1.165, 1.54) is 11.8 Å². The average Bonchev–Trinajstić information content (AvgIpc) is 2.78. The lowest BCUT2D eigenvalue weighted by atomic mass is 10.1. The van der Waals surface area contributed by atoms with Crippen LogP contribution in [0.2, 0.25) is 0 Å². The van der Waals surface area contributed by atoms with E-state index >= 15 is 0 Å². The summed E-state index contributed by atoms with van der Waals surface area (Å²) >= 11 is 1.30. The molecule has 0 spiro atoms. The van der Waals surface area contributed by atoms with E-state index in [4.69, 9.17) is 15.9 Å². The van der Waals surface area contributed by atoms with E-state index < -0.39 is 0 Å². The highest BCUT2D eigenvalue weighted by Crippen LogP contribution is 2.28. The van der Waals surface area contributed by atoms with E-state index in [1.807, 2.05) is 24.3 Å². The van der Waals surface area contributed by atoms with E-state index in [9.17, 15) is 4.79 Å². The standard InChI is InChI=1S/C13H17N3O2S/c1-18-11-4-2-10(3-5-11)16-7-9(6-12(16)17)8-19-13(14)15/h2-5,9H,6-8H2,1H3,(H3,14,15)/t9-/m0/s1. The Morgan fingerprint density at radius 1 is 1.53 bits per heavy atom. The molecule has 3 N–H and O–H groups in total. The topological polar surface area (TPSA) is 79.4 Å². The zero-order chi connectivity index (χ0) is 13.8. The van der Waals surface area contributed by atoms with E-state index in [2.05, 4.69) is 0 Å². The molecule has 1 amide bonds. The molecule has 0 bridgehead atoms. The molecule has 1 aromatic carbocycles. The largest absolute Gasteiger partial charge is 0.497 e. The van der Waals surface area contributed by atoms with Crippen LogP contribution in [0.4, 0.5) is 5.69 Å². The molecule has 1 heterocycles. The van der Waals surface area contributed by atoms with Crippen molar-refractivity contribution in [3.05, 3.63) is 24.3 Å². The van der Waals surface area contributed by atoms with Crippen molar-refractivity contribution in [3.8, 4) is 5.75 Å². The Kier molecular flexibility index (Phi) is 4.31. The van der Waals surface area contributed by atoms with Crippen molar-refractivity contribution in [2.75, 3.05) is 24.3 Å². The Balaban J connectivity index is 2.00. The molecule has 1 aliphatic heterocycles. The molecule has 6 heteroatoms. The van der Waals surface area contributed by atoms with Gasteiger partial charge in [0, 0.05) is 24.4 Å². The number of nitrogens with one attached hydrogen (secondary N) is 1. The maximum absolute atomic E-state index is 12.0. The molecule has 0 aromatic heterocycles. The van der Waals surface area contributed by atoms with Gasteiger partial charge in [-0.3, -0.25) is 10.2 Å². The molecule has 1 saturated heterocycles. The molecule has 5 nitrogen and oxygen atoms in total. The van der Waals surface area contributed by atoms with Crippen molar-refractivity contribution in [1.29, 1.82) is 5.41 Å². The van der Waals surface area contributed by atoms with Crippen LogP contribution >= 0.6 is 11.8 Å². The van der Waals surface area contributed by atoms with Crippen molar-refractivity contribution in [2.45, 2.75) is 6.42 Å². The molecule has 0 radical (unpaired) electrons. The number of nitrogens with zero attached hydrogens (tertiary/aromatic N) is 1. The Labute approximate surface area is 116 Å². The first-order valence-corrected chi connectivity index (χ1v) is 7.00. The molecular formula is C13H17N3O2S. The summed E-state index contributed by atoms with van der Waals surface area (Å²) in [5.74, 6) is 1.87. The number of anilines is 1. The first-order chi connectivity index (χ1) is 9.10. The van der Waals surface area contributed by atoms with Crippen LogP contribution in [0, 0.1) is 11.3 Å². The summed E-state index contributed by atoms with van der Waals surface area (Å²) in [6.45, 7) is 0.686. The van der Waals surface area contributed by atoms with E-state index in [-0.39, 0.29) is 17.0 Å². The average molecular weight is 279 g/mol. The Morgan fingerprint density at radius 3 is 2.79 bits per heavy atom. The molecule has 19 heavy (non-hydrogen) atoms. The second-order valence-electron chi connectivity index (χ2n) is 4.45. The Hall–Kier alpha value is -1.69. The van der Waals surface area contributed by atoms with Gasteiger partial charge in [-0.25, -0.2) is 0 Å². The van der Waals surface area contributed by atoms with E-state index in [1.54, 1.807) is 12.0 Å². The highest BCUT2D eigenvalue weighted by atomic mass is 32.2. The Bertz CT molecular complexity index is 475. The molecule has 1 aliphatic rings. The lowest BCUT2D eigenvalue weighted by Gasteiger charge is -2.17. The number of rotatable bonds is 4. The fraction of sp³-hybridized carbons (Fsp3) is 0.385. The number of hydrogen-bond donors (Lipinski definition) is 2. The predicted molar refractivity (Wildman–Crippen MR) is 77.8 cm³/mol. The quantitative estimate of drug-likeness (QED) is 0.649. The summed E-state index contributed by atoms with van der Waals surface area (Å²) in [5, 5.41) is 7.30. The number of carbonyl (C=O) groups is 1. The van der Waals surface area contributed by atoms with Gasteiger partial charge >= 0.3 is 0 Å². The van der Waals surface area contributed by atoms with Gasteiger partial charge in [0.05, 0.1) is 7.11 Å². The van der Waals surface area contributed by atoms with Gasteiger partial charge in [0.15, 0.2) is 5.17 Å². The highest BCUT2D eigenvalue weighted by Gasteiger charge is 2.30. The lowest BCUT2D eigenvalue weighted by molar-refractivity contribution is -0.117. The number of nitrogens with two attached hydrogens (primary N) is 1. The lowest BCUT2D eigenvalue weighted by Crippen LogP contribution is -2.24. The van der Waals surface area contributed by atoms with Gasteiger partial charge in [-0.15, -0.1) is 0 Å². The minimum Gasteiger partial charge on any atom is -0.497 e. The molecule has 102 valence electrons. The monoisotopic (exact) mass is 279 g/mol. The van der Waals surface area contributed by atoms with Crippen molar-refractivity contribution < 1.29 is 9.53 Å². The maximum Gasteiger partial charge on any atom is 0.227 e. The van der Waals surface area contributed by atoms with Gasteiger partial charge in [0.2, 0.25) is 5.91 Å². The van der Waals surface area contributed by atoms with Crippen molar-refractivity contribution in [2.24, 2.45) is 11.7 Å². The zero-order valence-electron chi connectivity index (χ0n) is 10.8. The molecule has 1 fully saturated rings. The third-order valence-corrected chi connectivity index (χ3v) is 4.01.